The topological polar surface area (TPSA) is 351 Å². The molecule has 6 N–H and O–H groups in total. The molecule has 112 heavy (non-hydrogen) atoms. The smallest absolute Gasteiger partial charge is 0.426 e. The van der Waals surface area contributed by atoms with Crippen molar-refractivity contribution in [3.05, 3.63) is 246 Å². The van der Waals surface area contributed by atoms with Crippen LogP contribution in [0, 0.1) is 47.9 Å². The van der Waals surface area contributed by atoms with Gasteiger partial charge in [0, 0.05) is 94.2 Å². The highest BCUT2D eigenvalue weighted by Crippen LogP contribution is 2.36. The van der Waals surface area contributed by atoms with Gasteiger partial charge in [-0.2, -0.15) is 0 Å². The second kappa shape index (κ2) is 39.7. The number of fused-ring (bicyclic) bond motifs is 2. The number of aromatic nitrogens is 9. The number of rotatable bonds is 10. The van der Waals surface area contributed by atoms with Gasteiger partial charge < -0.3 is 54.2 Å². The number of nitrogen functional groups attached to an aromatic ring is 2. The fourth-order valence-corrected chi connectivity index (χ4v) is 10.7. The normalized spacial score (nSPS) is 11.9. The Morgan fingerprint density at radius 2 is 0.902 bits per heavy atom. The number of halogens is 1. The Morgan fingerprint density at radius 3 is 1.30 bits per heavy atom. The maximum Gasteiger partial charge on any atom is 0.426 e. The number of anilines is 3. The van der Waals surface area contributed by atoms with Crippen molar-refractivity contribution >= 4 is 95.1 Å². The van der Waals surface area contributed by atoms with Crippen molar-refractivity contribution in [3.8, 4) is 23.0 Å². The molecule has 26 nitrogen and oxygen atoms in total. The Kier molecular flexibility index (Phi) is 32.4. The van der Waals surface area contributed by atoms with Crippen LogP contribution in [0.25, 0.3) is 21.8 Å². The van der Waals surface area contributed by atoms with Gasteiger partial charge in [-0.25, -0.2) is 9.78 Å². The van der Waals surface area contributed by atoms with Crippen LogP contribution in [0.4, 0.5) is 28.4 Å². The summed E-state index contributed by atoms with van der Waals surface area (Å²) in [6.45, 7) is 41.9. The number of nitrogens with zero attached hydrogens (tertiary/aromatic N) is 11. The van der Waals surface area contributed by atoms with Gasteiger partial charge in [0.25, 0.3) is 11.6 Å². The molecule has 0 atom stereocenters. The van der Waals surface area contributed by atoms with Gasteiger partial charge in [0.05, 0.1) is 55.0 Å². The van der Waals surface area contributed by atoms with Gasteiger partial charge in [-0.05, 0) is 170 Å². The van der Waals surface area contributed by atoms with Crippen molar-refractivity contribution in [1.29, 1.82) is 0 Å². The first kappa shape index (κ1) is 91.5. The third-order valence-corrected chi connectivity index (χ3v) is 17.7. The minimum Gasteiger partial charge on any atom is -0.477 e. The molecule has 1 aliphatic heterocycles. The summed E-state index contributed by atoms with van der Waals surface area (Å²) in [4.78, 5) is 73.3. The van der Waals surface area contributed by atoms with E-state index in [9.17, 15) is 34.9 Å². The molecule has 2 aromatic carbocycles. The first-order valence-electron chi connectivity index (χ1n) is 35.9. The number of ether oxygens (including phenoxy) is 2. The quantitative estimate of drug-likeness (QED) is 0.0427. The fourth-order valence-electron chi connectivity index (χ4n) is 10.5. The van der Waals surface area contributed by atoms with Crippen LogP contribution in [-0.4, -0.2) is 92.2 Å². The molecule has 10 heterocycles. The van der Waals surface area contributed by atoms with Crippen molar-refractivity contribution in [1.82, 2.24) is 44.0 Å². The van der Waals surface area contributed by atoms with E-state index in [1.165, 1.54) is 17.2 Å². The summed E-state index contributed by atoms with van der Waals surface area (Å²) >= 11 is 5.59. The monoisotopic (exact) mass is 1550 g/mol. The molecule has 0 saturated carbocycles. The van der Waals surface area contributed by atoms with Crippen LogP contribution in [0.15, 0.2) is 159 Å². The van der Waals surface area contributed by atoms with Crippen molar-refractivity contribution in [2.45, 2.75) is 180 Å². The van der Waals surface area contributed by atoms with Crippen molar-refractivity contribution in [3.63, 3.8) is 0 Å². The van der Waals surface area contributed by atoms with Crippen LogP contribution in [0.2, 0.25) is 25.6 Å². The number of aryl methyl sites for hydroxylation is 6. The van der Waals surface area contributed by atoms with Gasteiger partial charge in [-0.15, -0.1) is 0 Å². The van der Waals surface area contributed by atoms with Crippen LogP contribution < -0.4 is 26.3 Å². The van der Waals surface area contributed by atoms with E-state index in [1.54, 1.807) is 92.1 Å². The average Bonchev–Trinajstić information content (AvgIpc) is 1.64. The van der Waals surface area contributed by atoms with Crippen LogP contribution >= 0.6 is 11.6 Å². The number of hydrogen-bond donors (Lipinski definition) is 4. The van der Waals surface area contributed by atoms with E-state index in [4.69, 9.17) is 46.3 Å². The number of para-hydroxylation sites is 2. The molecular weight excluding hydrogens is 1440 g/mol. The molecule has 0 unspecified atom stereocenters. The van der Waals surface area contributed by atoms with Gasteiger partial charge in [-0.3, -0.25) is 54.9 Å². The molecule has 0 spiro atoms. The van der Waals surface area contributed by atoms with Crippen molar-refractivity contribution in [2.75, 3.05) is 16.8 Å². The summed E-state index contributed by atoms with van der Waals surface area (Å²) in [7, 11) is 3.18. The van der Waals surface area contributed by atoms with E-state index < -0.39 is 15.8 Å². The van der Waals surface area contributed by atoms with Gasteiger partial charge in [0.15, 0.2) is 11.5 Å². The summed E-state index contributed by atoms with van der Waals surface area (Å²) in [6.07, 6.45) is 15.6. The highest BCUT2D eigenvalue weighted by molar-refractivity contribution is 6.72. The molecule has 0 aliphatic carbocycles. The predicted molar refractivity (Wildman–Crippen MR) is 452 cm³/mol. The second-order valence-corrected chi connectivity index (χ2v) is 31.1. The number of aromatic carboxylic acids is 1. The molecule has 594 valence electrons. The van der Waals surface area contributed by atoms with Gasteiger partial charge in [0.1, 0.15) is 28.6 Å². The second-order valence-electron chi connectivity index (χ2n) is 30.7. The molecule has 9 aromatic heterocycles. The zero-order valence-corrected chi connectivity index (χ0v) is 68.5. The minimum absolute atomic E-state index is 0. The molecule has 0 radical (unpaired) electrons. The lowest BCUT2D eigenvalue weighted by atomic mass is 9.74. The number of pyridine rings is 7. The molecule has 1 aliphatic rings. The van der Waals surface area contributed by atoms with E-state index in [0.717, 1.165) is 72.6 Å². The summed E-state index contributed by atoms with van der Waals surface area (Å²) in [6, 6.07) is 31.0. The first-order chi connectivity index (χ1) is 51.7. The number of carboxylic acids is 1. The van der Waals surface area contributed by atoms with Crippen LogP contribution in [-0.2, 0) is 49.5 Å². The maximum atomic E-state index is 13.2. The molecule has 30 heteroatoms. The summed E-state index contributed by atoms with van der Waals surface area (Å²) in [5.74, 6) is 2.00. The molecule has 12 rings (SSSR count). The summed E-state index contributed by atoms with van der Waals surface area (Å²) < 4.78 is 30.7. The fraction of sp³-hybridized carbons (Fsp3) is 0.354. The Balaban J connectivity index is 0.000000289. The summed E-state index contributed by atoms with van der Waals surface area (Å²) in [5.41, 5.74) is 24.1. The Labute approximate surface area is 665 Å². The zero-order chi connectivity index (χ0) is 82.8. The Morgan fingerprint density at radius 1 is 0.536 bits per heavy atom. The number of carbonyl (C=O) groups excluding carboxylic acids is 1. The predicted octanol–water partition coefficient (Wildman–Crippen LogP) is 19.9. The number of nitrogens with two attached hydrogens (primary N) is 2. The highest BCUT2D eigenvalue weighted by Gasteiger charge is 2.32. The lowest BCUT2D eigenvalue weighted by Gasteiger charge is -2.25. The highest BCUT2D eigenvalue weighted by atomic mass is 35.5. The molecule has 0 bridgehead atoms. The Bertz CT molecular complexity index is 4930. The largest absolute Gasteiger partial charge is 0.477 e. The maximum absolute atomic E-state index is 13.2. The number of carbonyl (C=O) groups is 2. The van der Waals surface area contributed by atoms with E-state index in [1.807, 2.05) is 174 Å². The molecular formula is C82H108B3ClN14O12. The van der Waals surface area contributed by atoms with Crippen LogP contribution in [0.5, 0.6) is 23.0 Å². The van der Waals surface area contributed by atoms with E-state index in [2.05, 4.69) is 95.6 Å². The number of benzene rings is 2. The van der Waals surface area contributed by atoms with Crippen molar-refractivity contribution in [2.24, 2.45) is 14.1 Å². The van der Waals surface area contributed by atoms with E-state index in [-0.39, 0.29) is 80.0 Å². The number of nitro groups is 2. The lowest BCUT2D eigenvalue weighted by molar-refractivity contribution is -0.385. The third-order valence-electron chi connectivity index (χ3n) is 17.4. The molecule has 11 aromatic rings. The molecule has 1 fully saturated rings. The van der Waals surface area contributed by atoms with E-state index >= 15 is 0 Å². The standard InChI is InChI=1S/C25H26N4O2.C15H12N2O3.C10H14N2O2.C10H16N2.C9H11ClN2O2.C9H14N2.C3H9B3O3.CH4.H2/c1-16-20(14-18(15-27-16)25(2,3)4)28-24(30)21-13-17-7-6-8-22(23(17)29(21)5)31-19-9-11-26-12-10-19;1-17-12(15(18)19)9-10-3-2-4-13(14(10)17)20-11-5-7-16-8-6-11;1-7-9(12(13)14)5-8(6-11-7)10(2,3)4;1-7-9(11)5-8(6-12-7)10(2,3)4;1-9(2,3)6-4-7(12(13)14)8(10)11-5-6;1-6(2)8-4-9(10)7(3)11-5-8;1-4-7-5(2)9-6(3)8-4;;/h6-15H,1-5H3,(H,28,30);2-9H,1H3,(H,18,19);5-6H,1-4H3;5-6H,11H2,1-4H3;4-5H,1-3H3;4-6H,10H2,1-3H3;1-3H3;1H4;1H. The van der Waals surface area contributed by atoms with Crippen LogP contribution in [0.1, 0.15) is 183 Å². The average molecular weight is 1550 g/mol. The zero-order valence-electron chi connectivity index (χ0n) is 67.7. The van der Waals surface area contributed by atoms with Crippen LogP contribution in [0.3, 0.4) is 0 Å². The van der Waals surface area contributed by atoms with Gasteiger partial charge in [-0.1, -0.05) is 140 Å². The minimum atomic E-state index is -0.960. The number of amides is 1. The van der Waals surface area contributed by atoms with E-state index in [0.29, 0.717) is 40.3 Å². The molecule has 1 saturated heterocycles. The number of nitrogens with one attached hydrogen (secondary N) is 1. The van der Waals surface area contributed by atoms with Crippen molar-refractivity contribution < 1.29 is 49.2 Å². The van der Waals surface area contributed by atoms with Gasteiger partial charge >= 0.3 is 33.0 Å². The number of hydrogen-bond acceptors (Lipinski definition) is 20. The summed E-state index contributed by atoms with van der Waals surface area (Å²) in [5, 5.41) is 35.2. The van der Waals surface area contributed by atoms with Gasteiger partial charge in [0.2, 0.25) is 5.15 Å². The lowest BCUT2D eigenvalue weighted by Crippen LogP contribution is -2.44. The number of carboxylic acid groups (broad SMARTS) is 1. The Hall–Kier alpha value is -11.1. The molecule has 1 amide bonds. The first-order valence-corrected chi connectivity index (χ1v) is 36.3. The SMILES string of the molecule is C.CB1OB(C)OB(C)O1.CC(C)(C)c1cnc(Cl)c([N+](=O)[O-])c1.Cc1ncc(C(C)(C)C)cc1N.Cc1ncc(C(C)(C)C)cc1NC(=O)c1cc2cccc(Oc3ccncc3)c2n1C.Cc1ncc(C(C)(C)C)cc1[N+](=O)[O-].Cc1ncc(C(C)C)cc1N.Cn1c(C(=O)O)cc2cccc(Oc3ccncc3)c21.[HH]. The third kappa shape index (κ3) is 26.3.